The minimum Gasteiger partial charge on any atom is -0.319 e. The zero-order valence-electron chi connectivity index (χ0n) is 13.5. The Morgan fingerprint density at radius 2 is 1.61 bits per heavy atom. The molecule has 0 aromatic rings. The number of carbonyl (C=O) groups excluding carboxylic acids is 1. The molecule has 0 unspecified atom stereocenters. The minimum atomic E-state index is 0.750. The van der Waals surface area contributed by atoms with Gasteiger partial charge >= 0.3 is 0 Å². The minimum absolute atomic E-state index is 0.750. The molecule has 0 rings (SSSR count). The van der Waals surface area contributed by atoms with Crippen LogP contribution in [0.2, 0.25) is 0 Å². The molecule has 0 spiro atoms. The van der Waals surface area contributed by atoms with Crippen molar-refractivity contribution in [3.8, 4) is 0 Å². The van der Waals surface area contributed by atoms with Gasteiger partial charge in [0.25, 0.3) is 0 Å². The molecule has 0 aliphatic rings. The van der Waals surface area contributed by atoms with Crippen LogP contribution in [0.1, 0.15) is 54.4 Å². The summed E-state index contributed by atoms with van der Waals surface area (Å²) in [5, 5.41) is 2.94. The van der Waals surface area contributed by atoms with E-state index in [1.807, 2.05) is 27.0 Å². The second-order valence-corrected chi connectivity index (χ2v) is 3.03. The summed E-state index contributed by atoms with van der Waals surface area (Å²) >= 11 is 3.94. The number of hydrogen-bond donors (Lipinski definition) is 2. The van der Waals surface area contributed by atoms with E-state index in [1.54, 1.807) is 0 Å². The van der Waals surface area contributed by atoms with Crippen LogP contribution in [0.25, 0.3) is 0 Å². The summed E-state index contributed by atoms with van der Waals surface area (Å²) in [6.07, 6.45) is 4.93. The van der Waals surface area contributed by atoms with Crippen LogP contribution in [-0.2, 0) is 4.79 Å². The van der Waals surface area contributed by atoms with Crippen LogP contribution in [-0.4, -0.2) is 25.6 Å². The molecular formula is C15H35NOS. The quantitative estimate of drug-likeness (QED) is 0.451. The third kappa shape index (κ3) is 266. The van der Waals surface area contributed by atoms with Crippen molar-refractivity contribution < 1.29 is 4.79 Å². The summed E-state index contributed by atoms with van der Waals surface area (Å²) in [5.74, 6) is 0.927. The molecule has 2 nitrogen and oxygen atoms in total. The lowest BCUT2D eigenvalue weighted by Crippen LogP contribution is -2.07. The van der Waals surface area contributed by atoms with E-state index in [-0.39, 0.29) is 0 Å². The van der Waals surface area contributed by atoms with Crippen LogP contribution in [0.3, 0.4) is 0 Å². The Balaban J connectivity index is -0.0000000409. The van der Waals surface area contributed by atoms with Crippen molar-refractivity contribution >= 4 is 18.9 Å². The predicted molar refractivity (Wildman–Crippen MR) is 90.8 cm³/mol. The molecule has 0 aromatic heterocycles. The van der Waals surface area contributed by atoms with Gasteiger partial charge in [0.1, 0.15) is 6.29 Å². The molecule has 0 bridgehead atoms. The van der Waals surface area contributed by atoms with Crippen molar-refractivity contribution in [1.29, 1.82) is 0 Å². The van der Waals surface area contributed by atoms with Crippen molar-refractivity contribution in [2.45, 2.75) is 54.4 Å². The Morgan fingerprint density at radius 1 is 1.28 bits per heavy atom. The summed E-state index contributed by atoms with van der Waals surface area (Å²) in [6, 6.07) is 0. The van der Waals surface area contributed by atoms with Crippen LogP contribution in [0.5, 0.6) is 0 Å². The van der Waals surface area contributed by atoms with Gasteiger partial charge in [-0.15, -0.1) is 5.73 Å². The van der Waals surface area contributed by atoms with E-state index >= 15 is 0 Å². The Kier molecular flexibility index (Phi) is 119. The zero-order chi connectivity index (χ0) is 15.7. The van der Waals surface area contributed by atoms with Gasteiger partial charge in [-0.25, -0.2) is 0 Å². The van der Waals surface area contributed by atoms with Crippen molar-refractivity contribution in [2.75, 3.05) is 19.3 Å². The summed E-state index contributed by atoms with van der Waals surface area (Å²) in [5.41, 5.74) is 2.64. The molecule has 18 heavy (non-hydrogen) atoms. The van der Waals surface area contributed by atoms with Crippen LogP contribution < -0.4 is 5.32 Å². The Hall–Kier alpha value is -0.500. The van der Waals surface area contributed by atoms with Crippen LogP contribution in [0.15, 0.2) is 18.4 Å². The highest BCUT2D eigenvalue weighted by atomic mass is 32.1. The standard InChI is InChI=1S/C5H8.C3H9NS.C3H8.C2H4O.C2H6/c1-3-5-4-2;1-4-2-3-5;1-3-2;1-2-3;1-2/h5H,1,4H2,2H3;4-5H,2-3H2,1H3;3H2,1-2H3;2H,1H3;1-2H3. The number of thiol groups is 1. The smallest absolute Gasteiger partial charge is 0.116 e. The van der Waals surface area contributed by atoms with Crippen molar-refractivity contribution in [1.82, 2.24) is 5.32 Å². The molecule has 0 aromatic carbocycles. The predicted octanol–water partition coefficient (Wildman–Crippen LogP) is 4.52. The maximum atomic E-state index is 8.81. The van der Waals surface area contributed by atoms with Crippen molar-refractivity contribution in [3.05, 3.63) is 18.4 Å². The van der Waals surface area contributed by atoms with Crippen molar-refractivity contribution in [3.63, 3.8) is 0 Å². The first-order valence-corrected chi connectivity index (χ1v) is 7.29. The molecule has 0 atom stereocenters. The summed E-state index contributed by atoms with van der Waals surface area (Å²) in [4.78, 5) is 8.81. The van der Waals surface area contributed by atoms with Crippen LogP contribution in [0.4, 0.5) is 0 Å². The van der Waals surface area contributed by atoms with Crippen LogP contribution >= 0.6 is 12.6 Å². The molecular weight excluding hydrogens is 242 g/mol. The number of carbonyl (C=O) groups is 1. The summed E-state index contributed by atoms with van der Waals surface area (Å²) in [6.45, 7) is 16.1. The first-order chi connectivity index (χ1) is 8.66. The highest BCUT2D eigenvalue weighted by Gasteiger charge is 1.65. The average Bonchev–Trinajstić information content (AvgIpc) is 2.36. The third-order valence-electron chi connectivity index (χ3n) is 0.710. The van der Waals surface area contributed by atoms with E-state index in [0.29, 0.717) is 0 Å². The summed E-state index contributed by atoms with van der Waals surface area (Å²) in [7, 11) is 1.91. The van der Waals surface area contributed by atoms with Gasteiger partial charge in [-0.3, -0.25) is 0 Å². The SMILES string of the molecule is C=C=CCC.CC.CC=O.CCC.CNCCS. The monoisotopic (exact) mass is 277 g/mol. The highest BCUT2D eigenvalue weighted by molar-refractivity contribution is 7.80. The van der Waals surface area contributed by atoms with E-state index in [2.05, 4.69) is 51.0 Å². The first-order valence-electron chi connectivity index (χ1n) is 6.65. The molecule has 0 saturated carbocycles. The fraction of sp³-hybridized carbons (Fsp3) is 0.733. The van der Waals surface area contributed by atoms with Crippen molar-refractivity contribution in [2.24, 2.45) is 0 Å². The van der Waals surface area contributed by atoms with Gasteiger partial charge in [0.05, 0.1) is 0 Å². The van der Waals surface area contributed by atoms with E-state index in [9.17, 15) is 0 Å². The number of allylic oxidation sites excluding steroid dienone is 1. The molecule has 0 saturated heterocycles. The molecule has 0 fully saturated rings. The molecule has 3 heteroatoms. The van der Waals surface area contributed by atoms with E-state index in [0.717, 1.165) is 25.0 Å². The second kappa shape index (κ2) is 70.5. The lowest BCUT2D eigenvalue weighted by atomic mass is 10.5. The van der Waals surface area contributed by atoms with Gasteiger partial charge in [-0.1, -0.05) is 47.6 Å². The maximum Gasteiger partial charge on any atom is 0.116 e. The maximum absolute atomic E-state index is 8.81. The number of aldehydes is 1. The Bertz CT molecular complexity index is 130. The Labute approximate surface area is 121 Å². The molecule has 112 valence electrons. The largest absolute Gasteiger partial charge is 0.319 e. The molecule has 1 N–H and O–H groups in total. The third-order valence-corrected chi connectivity index (χ3v) is 0.934. The molecule has 0 radical (unpaired) electrons. The van der Waals surface area contributed by atoms with E-state index < -0.39 is 0 Å². The van der Waals surface area contributed by atoms with Gasteiger partial charge in [-0.05, 0) is 26.5 Å². The van der Waals surface area contributed by atoms with Gasteiger partial charge in [0, 0.05) is 12.3 Å². The topological polar surface area (TPSA) is 29.1 Å². The lowest BCUT2D eigenvalue weighted by molar-refractivity contribution is -0.106. The van der Waals surface area contributed by atoms with E-state index in [1.165, 1.54) is 13.3 Å². The van der Waals surface area contributed by atoms with E-state index in [4.69, 9.17) is 4.79 Å². The molecule has 0 aliphatic carbocycles. The highest BCUT2D eigenvalue weighted by Crippen LogP contribution is 1.69. The lowest BCUT2D eigenvalue weighted by Gasteiger charge is -1.84. The fourth-order valence-electron chi connectivity index (χ4n) is 0.256. The van der Waals surface area contributed by atoms with Gasteiger partial charge in [0.2, 0.25) is 0 Å². The number of hydrogen-bond acceptors (Lipinski definition) is 3. The van der Waals surface area contributed by atoms with Gasteiger partial charge < -0.3 is 10.1 Å². The van der Waals surface area contributed by atoms with Gasteiger partial charge in [0.15, 0.2) is 0 Å². The summed E-state index contributed by atoms with van der Waals surface area (Å²) < 4.78 is 0. The first kappa shape index (κ1) is 30.5. The Morgan fingerprint density at radius 3 is 1.61 bits per heavy atom. The fourth-order valence-corrected chi connectivity index (χ4v) is 0.480. The van der Waals surface area contributed by atoms with Gasteiger partial charge in [-0.2, -0.15) is 12.6 Å². The molecule has 0 aliphatic heterocycles. The molecule has 0 heterocycles. The van der Waals surface area contributed by atoms with Crippen LogP contribution in [0, 0.1) is 0 Å². The number of nitrogens with one attached hydrogen (secondary N) is 1. The average molecular weight is 278 g/mol. The normalized spacial score (nSPS) is 6.00. The zero-order valence-corrected chi connectivity index (χ0v) is 14.4. The number of rotatable bonds is 3. The second-order valence-electron chi connectivity index (χ2n) is 2.59. The molecule has 0 amide bonds.